The lowest BCUT2D eigenvalue weighted by Gasteiger charge is -2.08. The first kappa shape index (κ1) is 19.6. The first-order valence-electron chi connectivity index (χ1n) is 7.88. The number of rotatable bonds is 6. The minimum atomic E-state index is -3.47. The SMILES string of the molecule is CN(C)S(=O)(=O)c1ccc(CNC(=O)c2cn[nH]c2-c2ccc(Cl)cc2)s1. The number of halogens is 1. The van der Waals surface area contributed by atoms with E-state index in [4.69, 9.17) is 11.6 Å². The van der Waals surface area contributed by atoms with Gasteiger partial charge < -0.3 is 5.32 Å². The van der Waals surface area contributed by atoms with E-state index >= 15 is 0 Å². The molecular weight excluding hydrogens is 408 g/mol. The summed E-state index contributed by atoms with van der Waals surface area (Å²) in [6, 6.07) is 10.3. The Bertz CT molecular complexity index is 1060. The molecule has 0 aliphatic carbocycles. The van der Waals surface area contributed by atoms with Crippen LogP contribution in [-0.4, -0.2) is 42.9 Å². The fourth-order valence-corrected chi connectivity index (χ4v) is 4.92. The molecule has 0 bridgehead atoms. The van der Waals surface area contributed by atoms with Crippen LogP contribution in [0.15, 0.2) is 46.8 Å². The maximum absolute atomic E-state index is 12.5. The molecular formula is C17H17ClN4O3S2. The summed E-state index contributed by atoms with van der Waals surface area (Å²) in [6.07, 6.45) is 1.45. The van der Waals surface area contributed by atoms with Gasteiger partial charge in [-0.3, -0.25) is 9.89 Å². The number of amides is 1. The molecule has 0 saturated carbocycles. The van der Waals surface area contributed by atoms with Crippen molar-refractivity contribution in [1.29, 1.82) is 0 Å². The molecule has 0 aliphatic rings. The van der Waals surface area contributed by atoms with E-state index < -0.39 is 10.0 Å². The first-order valence-corrected chi connectivity index (χ1v) is 10.5. The number of carbonyl (C=O) groups excluding carboxylic acids is 1. The number of aromatic nitrogens is 2. The van der Waals surface area contributed by atoms with Crippen molar-refractivity contribution in [2.75, 3.05) is 14.1 Å². The summed E-state index contributed by atoms with van der Waals surface area (Å²) in [5, 5.41) is 10.2. The number of thiophene rings is 1. The van der Waals surface area contributed by atoms with Gasteiger partial charge in [0.15, 0.2) is 0 Å². The third-order valence-corrected chi connectivity index (χ3v) is 7.43. The molecule has 0 fully saturated rings. The largest absolute Gasteiger partial charge is 0.347 e. The van der Waals surface area contributed by atoms with Crippen LogP contribution in [0.5, 0.6) is 0 Å². The van der Waals surface area contributed by atoms with Gasteiger partial charge in [0, 0.05) is 29.6 Å². The minimum absolute atomic E-state index is 0.220. The molecule has 27 heavy (non-hydrogen) atoms. The Labute approximate surface area is 166 Å². The van der Waals surface area contributed by atoms with E-state index in [1.165, 1.54) is 20.3 Å². The molecule has 1 aromatic carbocycles. The van der Waals surface area contributed by atoms with Crippen LogP contribution < -0.4 is 5.32 Å². The average Bonchev–Trinajstić information content (AvgIpc) is 3.30. The first-order chi connectivity index (χ1) is 12.8. The molecule has 3 aromatic rings. The van der Waals surface area contributed by atoms with E-state index in [9.17, 15) is 13.2 Å². The molecule has 0 aliphatic heterocycles. The number of nitrogens with one attached hydrogen (secondary N) is 2. The number of carbonyl (C=O) groups is 1. The van der Waals surface area contributed by atoms with Crippen LogP contribution in [0, 0.1) is 0 Å². The number of sulfonamides is 1. The Balaban J connectivity index is 1.72. The quantitative estimate of drug-likeness (QED) is 0.635. The Hall–Kier alpha value is -2.20. The van der Waals surface area contributed by atoms with Gasteiger partial charge in [0.25, 0.3) is 15.9 Å². The maximum Gasteiger partial charge on any atom is 0.255 e. The van der Waals surface area contributed by atoms with Gasteiger partial charge in [-0.05, 0) is 24.3 Å². The van der Waals surface area contributed by atoms with Crippen LogP contribution in [0.25, 0.3) is 11.3 Å². The monoisotopic (exact) mass is 424 g/mol. The molecule has 0 spiro atoms. The van der Waals surface area contributed by atoms with Crippen LogP contribution in [0.3, 0.4) is 0 Å². The van der Waals surface area contributed by atoms with Crippen LogP contribution in [0.1, 0.15) is 15.2 Å². The predicted octanol–water partition coefficient (Wildman–Crippen LogP) is 2.97. The van der Waals surface area contributed by atoms with Gasteiger partial charge in [0.2, 0.25) is 0 Å². The number of aromatic amines is 1. The highest BCUT2D eigenvalue weighted by atomic mass is 35.5. The van der Waals surface area contributed by atoms with Gasteiger partial charge >= 0.3 is 0 Å². The zero-order valence-electron chi connectivity index (χ0n) is 14.6. The van der Waals surface area contributed by atoms with Crippen molar-refractivity contribution in [1.82, 2.24) is 19.8 Å². The normalized spacial score (nSPS) is 11.7. The Morgan fingerprint density at radius 1 is 1.22 bits per heavy atom. The van der Waals surface area contributed by atoms with Gasteiger partial charge in [-0.2, -0.15) is 5.10 Å². The molecule has 2 heterocycles. The van der Waals surface area contributed by atoms with Gasteiger partial charge in [-0.1, -0.05) is 23.7 Å². The zero-order valence-corrected chi connectivity index (χ0v) is 17.0. The molecule has 0 atom stereocenters. The lowest BCUT2D eigenvalue weighted by molar-refractivity contribution is 0.0952. The average molecular weight is 425 g/mol. The van der Waals surface area contributed by atoms with Crippen LogP contribution in [0.2, 0.25) is 5.02 Å². The lowest BCUT2D eigenvalue weighted by Crippen LogP contribution is -2.22. The fraction of sp³-hybridized carbons (Fsp3) is 0.176. The standard InChI is InChI=1S/C17H17ClN4O3S2/c1-22(2)27(24,25)15-8-7-13(26-15)9-19-17(23)14-10-20-21-16(14)11-3-5-12(18)6-4-11/h3-8,10H,9H2,1-2H3,(H,19,23)(H,20,21). The molecule has 1 amide bonds. The summed E-state index contributed by atoms with van der Waals surface area (Å²) in [7, 11) is -0.511. The summed E-state index contributed by atoms with van der Waals surface area (Å²) >= 11 is 7.02. The summed E-state index contributed by atoms with van der Waals surface area (Å²) in [4.78, 5) is 13.3. The van der Waals surface area contributed by atoms with Gasteiger partial charge in [-0.15, -0.1) is 11.3 Å². The highest BCUT2D eigenvalue weighted by Gasteiger charge is 2.20. The van der Waals surface area contributed by atoms with E-state index in [-0.39, 0.29) is 16.7 Å². The fourth-order valence-electron chi connectivity index (χ4n) is 2.33. The molecule has 0 radical (unpaired) electrons. The predicted molar refractivity (Wildman–Crippen MR) is 105 cm³/mol. The third-order valence-electron chi connectivity index (χ3n) is 3.81. The molecule has 10 heteroatoms. The van der Waals surface area contributed by atoms with Gasteiger partial charge in [-0.25, -0.2) is 12.7 Å². The molecule has 0 unspecified atom stereocenters. The molecule has 3 rings (SSSR count). The van der Waals surface area contributed by atoms with E-state index in [0.29, 0.717) is 16.3 Å². The Morgan fingerprint density at radius 3 is 2.59 bits per heavy atom. The molecule has 2 N–H and O–H groups in total. The molecule has 0 saturated heterocycles. The third kappa shape index (κ3) is 4.22. The van der Waals surface area contributed by atoms with Gasteiger partial charge in [0.1, 0.15) is 4.21 Å². The van der Waals surface area contributed by atoms with Crippen molar-refractivity contribution in [2.24, 2.45) is 0 Å². The number of nitrogens with zero attached hydrogens (tertiary/aromatic N) is 2. The summed E-state index contributed by atoms with van der Waals surface area (Å²) in [5.41, 5.74) is 1.78. The highest BCUT2D eigenvalue weighted by molar-refractivity contribution is 7.91. The smallest absolute Gasteiger partial charge is 0.255 e. The second-order valence-electron chi connectivity index (χ2n) is 5.86. The number of hydrogen-bond donors (Lipinski definition) is 2. The molecule has 2 aromatic heterocycles. The van der Waals surface area contributed by atoms with Crippen LogP contribution >= 0.6 is 22.9 Å². The van der Waals surface area contributed by atoms with Crippen LogP contribution in [0.4, 0.5) is 0 Å². The van der Waals surface area contributed by atoms with Crippen LogP contribution in [-0.2, 0) is 16.6 Å². The second-order valence-corrected chi connectivity index (χ2v) is 9.84. The maximum atomic E-state index is 12.5. The van der Waals surface area contributed by atoms with Crippen molar-refractivity contribution in [3.05, 3.63) is 58.1 Å². The molecule has 142 valence electrons. The summed E-state index contributed by atoms with van der Waals surface area (Å²) in [5.74, 6) is -0.306. The van der Waals surface area contributed by atoms with Crippen molar-refractivity contribution in [3.8, 4) is 11.3 Å². The summed E-state index contributed by atoms with van der Waals surface area (Å²) in [6.45, 7) is 0.220. The van der Waals surface area contributed by atoms with Crippen molar-refractivity contribution >= 4 is 38.9 Å². The van der Waals surface area contributed by atoms with Crippen molar-refractivity contribution < 1.29 is 13.2 Å². The topological polar surface area (TPSA) is 95.2 Å². The Morgan fingerprint density at radius 2 is 1.93 bits per heavy atom. The Kier molecular flexibility index (Phi) is 5.66. The van der Waals surface area contributed by atoms with Crippen molar-refractivity contribution in [2.45, 2.75) is 10.8 Å². The number of benzene rings is 1. The van der Waals surface area contributed by atoms with Gasteiger partial charge in [0.05, 0.1) is 24.0 Å². The number of H-pyrrole nitrogens is 1. The van der Waals surface area contributed by atoms with E-state index in [0.717, 1.165) is 26.1 Å². The minimum Gasteiger partial charge on any atom is -0.347 e. The second kappa shape index (κ2) is 7.81. The number of hydrogen-bond acceptors (Lipinski definition) is 5. The highest BCUT2D eigenvalue weighted by Crippen LogP contribution is 2.25. The van der Waals surface area contributed by atoms with E-state index in [2.05, 4.69) is 15.5 Å². The van der Waals surface area contributed by atoms with E-state index in [1.807, 2.05) is 0 Å². The lowest BCUT2D eigenvalue weighted by atomic mass is 10.1. The van der Waals surface area contributed by atoms with Crippen molar-refractivity contribution in [3.63, 3.8) is 0 Å². The molecule has 7 nitrogen and oxygen atoms in total. The zero-order chi connectivity index (χ0) is 19.6. The summed E-state index contributed by atoms with van der Waals surface area (Å²) < 4.78 is 25.6. The van der Waals surface area contributed by atoms with E-state index in [1.54, 1.807) is 36.4 Å².